The van der Waals surface area contributed by atoms with Crippen molar-refractivity contribution < 1.29 is 9.53 Å². The fourth-order valence-electron chi connectivity index (χ4n) is 0.898. The SMILES string of the molecule is CCC/C=C\CCCCOC=O. The van der Waals surface area contributed by atoms with Gasteiger partial charge in [0.25, 0.3) is 6.47 Å². The van der Waals surface area contributed by atoms with E-state index in [0.717, 1.165) is 19.3 Å². The topological polar surface area (TPSA) is 26.3 Å². The van der Waals surface area contributed by atoms with Gasteiger partial charge in [-0.3, -0.25) is 4.79 Å². The third-order valence-corrected chi connectivity index (χ3v) is 1.57. The molecule has 0 saturated heterocycles. The minimum Gasteiger partial charge on any atom is -0.468 e. The fraction of sp³-hybridized carbons (Fsp3) is 0.700. The number of allylic oxidation sites excluding steroid dienone is 2. The summed E-state index contributed by atoms with van der Waals surface area (Å²) in [7, 11) is 0. The number of hydrogen-bond donors (Lipinski definition) is 0. The molecular weight excluding hydrogens is 152 g/mol. The van der Waals surface area contributed by atoms with Gasteiger partial charge in [-0.2, -0.15) is 0 Å². The van der Waals surface area contributed by atoms with E-state index in [1.54, 1.807) is 0 Å². The van der Waals surface area contributed by atoms with E-state index in [0.29, 0.717) is 13.1 Å². The van der Waals surface area contributed by atoms with Gasteiger partial charge in [0.1, 0.15) is 0 Å². The lowest BCUT2D eigenvalue weighted by atomic mass is 10.2. The summed E-state index contributed by atoms with van der Waals surface area (Å²) in [6.07, 6.45) is 9.96. The number of unbranched alkanes of at least 4 members (excludes halogenated alkanes) is 3. The van der Waals surface area contributed by atoms with Gasteiger partial charge in [0.15, 0.2) is 0 Å². The summed E-state index contributed by atoms with van der Waals surface area (Å²) in [5, 5.41) is 0. The predicted molar refractivity (Wildman–Crippen MR) is 49.9 cm³/mol. The van der Waals surface area contributed by atoms with Crippen LogP contribution in [-0.4, -0.2) is 13.1 Å². The van der Waals surface area contributed by atoms with Crippen molar-refractivity contribution in [2.24, 2.45) is 0 Å². The Hall–Kier alpha value is -0.790. The Kier molecular flexibility index (Phi) is 9.54. The summed E-state index contributed by atoms with van der Waals surface area (Å²) in [5.74, 6) is 0. The van der Waals surface area contributed by atoms with Gasteiger partial charge in [-0.1, -0.05) is 25.5 Å². The molecule has 0 aromatic heterocycles. The molecule has 0 bridgehead atoms. The average Bonchev–Trinajstić information content (AvgIpc) is 2.10. The summed E-state index contributed by atoms with van der Waals surface area (Å²) in [6, 6.07) is 0. The summed E-state index contributed by atoms with van der Waals surface area (Å²) in [6.45, 7) is 3.24. The number of ether oxygens (including phenoxy) is 1. The summed E-state index contributed by atoms with van der Waals surface area (Å²) in [4.78, 5) is 9.74. The van der Waals surface area contributed by atoms with Gasteiger partial charge in [0, 0.05) is 0 Å². The molecule has 0 heterocycles. The van der Waals surface area contributed by atoms with E-state index in [1.165, 1.54) is 12.8 Å². The summed E-state index contributed by atoms with van der Waals surface area (Å²) < 4.78 is 4.56. The maximum atomic E-state index is 9.74. The van der Waals surface area contributed by atoms with Crippen LogP contribution in [0.2, 0.25) is 0 Å². The van der Waals surface area contributed by atoms with Crippen molar-refractivity contribution in [2.45, 2.75) is 39.0 Å². The number of carbonyl (C=O) groups excluding carboxylic acids is 1. The highest BCUT2D eigenvalue weighted by atomic mass is 16.5. The van der Waals surface area contributed by atoms with Crippen LogP contribution in [0.25, 0.3) is 0 Å². The first-order chi connectivity index (χ1) is 5.91. The minimum atomic E-state index is 0.507. The molecule has 0 unspecified atom stereocenters. The third kappa shape index (κ3) is 9.21. The molecule has 0 spiro atoms. The first kappa shape index (κ1) is 11.2. The van der Waals surface area contributed by atoms with E-state index in [9.17, 15) is 4.79 Å². The van der Waals surface area contributed by atoms with Crippen molar-refractivity contribution in [1.82, 2.24) is 0 Å². The van der Waals surface area contributed by atoms with Crippen LogP contribution in [0.15, 0.2) is 12.2 Å². The Bertz CT molecular complexity index is 119. The Morgan fingerprint density at radius 1 is 1.17 bits per heavy atom. The van der Waals surface area contributed by atoms with E-state index < -0.39 is 0 Å². The molecule has 2 nitrogen and oxygen atoms in total. The van der Waals surface area contributed by atoms with Gasteiger partial charge in [-0.25, -0.2) is 0 Å². The number of carbonyl (C=O) groups is 1. The maximum absolute atomic E-state index is 9.74. The zero-order valence-corrected chi connectivity index (χ0v) is 7.79. The van der Waals surface area contributed by atoms with Crippen LogP contribution < -0.4 is 0 Å². The van der Waals surface area contributed by atoms with E-state index in [2.05, 4.69) is 23.8 Å². The van der Waals surface area contributed by atoms with Gasteiger partial charge in [0.05, 0.1) is 6.61 Å². The molecule has 0 N–H and O–H groups in total. The molecule has 0 aliphatic rings. The average molecular weight is 170 g/mol. The quantitative estimate of drug-likeness (QED) is 0.318. The Balaban J connectivity index is 2.94. The van der Waals surface area contributed by atoms with Crippen molar-refractivity contribution in [3.8, 4) is 0 Å². The third-order valence-electron chi connectivity index (χ3n) is 1.57. The van der Waals surface area contributed by atoms with Gasteiger partial charge in [-0.15, -0.1) is 0 Å². The molecule has 0 aromatic carbocycles. The van der Waals surface area contributed by atoms with Crippen LogP contribution in [0.1, 0.15) is 39.0 Å². The Morgan fingerprint density at radius 3 is 2.58 bits per heavy atom. The second-order valence-corrected chi connectivity index (χ2v) is 2.72. The van der Waals surface area contributed by atoms with Gasteiger partial charge in [0.2, 0.25) is 0 Å². The molecule has 0 aromatic rings. The van der Waals surface area contributed by atoms with Crippen molar-refractivity contribution in [2.75, 3.05) is 6.61 Å². The molecule has 0 saturated carbocycles. The predicted octanol–water partition coefficient (Wildman–Crippen LogP) is 2.69. The van der Waals surface area contributed by atoms with Crippen LogP contribution in [0.4, 0.5) is 0 Å². The standard InChI is InChI=1S/C10H18O2/c1-2-3-4-5-6-7-8-9-12-10-11/h4-5,10H,2-3,6-9H2,1H3/b5-4-. The largest absolute Gasteiger partial charge is 0.468 e. The molecule has 0 rings (SSSR count). The van der Waals surface area contributed by atoms with E-state index in [4.69, 9.17) is 0 Å². The first-order valence-electron chi connectivity index (χ1n) is 4.62. The fourth-order valence-corrected chi connectivity index (χ4v) is 0.898. The Labute approximate surface area is 74.6 Å². The second kappa shape index (κ2) is 10.2. The number of rotatable bonds is 8. The van der Waals surface area contributed by atoms with Gasteiger partial charge >= 0.3 is 0 Å². The Morgan fingerprint density at radius 2 is 1.92 bits per heavy atom. The number of hydrogen-bond acceptors (Lipinski definition) is 2. The van der Waals surface area contributed by atoms with Gasteiger partial charge in [-0.05, 0) is 25.7 Å². The van der Waals surface area contributed by atoms with Gasteiger partial charge < -0.3 is 4.74 Å². The van der Waals surface area contributed by atoms with Crippen molar-refractivity contribution in [3.05, 3.63) is 12.2 Å². The molecule has 0 aliphatic heterocycles. The molecule has 0 aliphatic carbocycles. The molecule has 0 radical (unpaired) electrons. The zero-order valence-electron chi connectivity index (χ0n) is 7.79. The van der Waals surface area contributed by atoms with E-state index in [1.807, 2.05) is 0 Å². The molecule has 0 amide bonds. The highest BCUT2D eigenvalue weighted by Crippen LogP contribution is 1.98. The second-order valence-electron chi connectivity index (χ2n) is 2.72. The highest BCUT2D eigenvalue weighted by molar-refractivity contribution is 5.36. The molecular formula is C10H18O2. The van der Waals surface area contributed by atoms with Crippen molar-refractivity contribution >= 4 is 6.47 Å². The first-order valence-corrected chi connectivity index (χ1v) is 4.62. The van der Waals surface area contributed by atoms with Crippen LogP contribution in [0.5, 0.6) is 0 Å². The molecule has 70 valence electrons. The van der Waals surface area contributed by atoms with Crippen molar-refractivity contribution in [3.63, 3.8) is 0 Å². The lowest BCUT2D eigenvalue weighted by molar-refractivity contribution is -0.128. The van der Waals surface area contributed by atoms with Crippen LogP contribution in [0, 0.1) is 0 Å². The molecule has 12 heavy (non-hydrogen) atoms. The summed E-state index contributed by atoms with van der Waals surface area (Å²) in [5.41, 5.74) is 0. The lowest BCUT2D eigenvalue weighted by Crippen LogP contribution is -1.90. The van der Waals surface area contributed by atoms with E-state index >= 15 is 0 Å². The van der Waals surface area contributed by atoms with Crippen LogP contribution in [-0.2, 0) is 9.53 Å². The smallest absolute Gasteiger partial charge is 0.293 e. The molecule has 2 heteroatoms. The van der Waals surface area contributed by atoms with E-state index in [-0.39, 0.29) is 0 Å². The van der Waals surface area contributed by atoms with Crippen molar-refractivity contribution in [1.29, 1.82) is 0 Å². The highest BCUT2D eigenvalue weighted by Gasteiger charge is 1.85. The summed E-state index contributed by atoms with van der Waals surface area (Å²) >= 11 is 0. The van der Waals surface area contributed by atoms with Crippen LogP contribution >= 0.6 is 0 Å². The monoisotopic (exact) mass is 170 g/mol. The minimum absolute atomic E-state index is 0.507. The normalized spacial score (nSPS) is 10.4. The lowest BCUT2D eigenvalue weighted by Gasteiger charge is -1.95. The molecule has 0 fully saturated rings. The molecule has 0 atom stereocenters. The maximum Gasteiger partial charge on any atom is 0.293 e. The zero-order chi connectivity index (χ0) is 9.07. The van der Waals surface area contributed by atoms with Crippen LogP contribution in [0.3, 0.4) is 0 Å².